The van der Waals surface area contributed by atoms with Gasteiger partial charge in [0.05, 0.1) is 25.8 Å². The minimum Gasteiger partial charge on any atom is -0.481 e. The predicted molar refractivity (Wildman–Crippen MR) is 91.0 cm³/mol. The van der Waals surface area contributed by atoms with Gasteiger partial charge in [-0.15, -0.1) is 0 Å². The van der Waals surface area contributed by atoms with Gasteiger partial charge in [-0.3, -0.25) is 0 Å². The van der Waals surface area contributed by atoms with Crippen molar-refractivity contribution in [2.75, 3.05) is 20.0 Å². The van der Waals surface area contributed by atoms with E-state index in [0.717, 1.165) is 12.2 Å². The van der Waals surface area contributed by atoms with Crippen molar-refractivity contribution < 1.29 is 9.47 Å². The highest BCUT2D eigenvalue weighted by molar-refractivity contribution is 7.99. The van der Waals surface area contributed by atoms with E-state index >= 15 is 0 Å². The maximum absolute atomic E-state index is 5.15. The van der Waals surface area contributed by atoms with E-state index in [0.29, 0.717) is 22.8 Å². The van der Waals surface area contributed by atoms with Crippen LogP contribution in [0.3, 0.4) is 0 Å². The van der Waals surface area contributed by atoms with Crippen molar-refractivity contribution in [2.24, 2.45) is 11.0 Å². The van der Waals surface area contributed by atoms with Crippen LogP contribution in [0.2, 0.25) is 0 Å². The zero-order valence-electron chi connectivity index (χ0n) is 14.2. The Morgan fingerprint density at radius 2 is 1.86 bits per heavy atom. The van der Waals surface area contributed by atoms with Crippen LogP contribution in [0.5, 0.6) is 11.8 Å². The Bertz CT molecular complexity index is 470. The van der Waals surface area contributed by atoms with Gasteiger partial charge in [-0.2, -0.15) is 15.1 Å². The molecule has 0 fully saturated rings. The van der Waals surface area contributed by atoms with Gasteiger partial charge in [0.15, 0.2) is 5.16 Å². The summed E-state index contributed by atoms with van der Waals surface area (Å²) in [7, 11) is 3.15. The summed E-state index contributed by atoms with van der Waals surface area (Å²) in [4.78, 5) is 8.61. The molecule has 7 heteroatoms. The number of methoxy groups -OCH3 is 2. The van der Waals surface area contributed by atoms with E-state index in [9.17, 15) is 0 Å². The Morgan fingerprint density at radius 1 is 1.27 bits per heavy atom. The second-order valence-corrected chi connectivity index (χ2v) is 6.90. The number of hydrazone groups is 1. The van der Waals surface area contributed by atoms with E-state index in [1.807, 2.05) is 6.21 Å². The minimum absolute atomic E-state index is 0.169. The number of thioether (sulfide) groups is 1. The third-order valence-electron chi connectivity index (χ3n) is 2.67. The SMILES string of the molecule is COc1cc(OC)nc(SCC(C)(C)N/N=C/CC(C)C)n1. The molecule has 0 aromatic carbocycles. The van der Waals surface area contributed by atoms with Gasteiger partial charge in [0, 0.05) is 12.0 Å². The second kappa shape index (κ2) is 8.82. The number of nitrogens with one attached hydrogen (secondary N) is 1. The highest BCUT2D eigenvalue weighted by Gasteiger charge is 2.18. The summed E-state index contributed by atoms with van der Waals surface area (Å²) in [6, 6.07) is 1.66. The van der Waals surface area contributed by atoms with Crippen molar-refractivity contribution in [1.29, 1.82) is 0 Å². The average Bonchev–Trinajstić information content (AvgIpc) is 2.49. The summed E-state index contributed by atoms with van der Waals surface area (Å²) < 4.78 is 10.3. The van der Waals surface area contributed by atoms with Crippen molar-refractivity contribution >= 4 is 18.0 Å². The van der Waals surface area contributed by atoms with E-state index in [1.54, 1.807) is 20.3 Å². The fourth-order valence-electron chi connectivity index (χ4n) is 1.42. The van der Waals surface area contributed by atoms with Gasteiger partial charge < -0.3 is 14.9 Å². The zero-order chi connectivity index (χ0) is 16.6. The zero-order valence-corrected chi connectivity index (χ0v) is 15.0. The standard InChI is InChI=1S/C15H26N4O2S/c1-11(2)7-8-16-19-15(3,4)10-22-14-17-12(20-5)9-13(18-14)21-6/h8-9,11,19H,7,10H2,1-6H3/b16-8+. The Labute approximate surface area is 137 Å². The topological polar surface area (TPSA) is 68.6 Å². The van der Waals surface area contributed by atoms with Gasteiger partial charge >= 0.3 is 0 Å². The first-order chi connectivity index (χ1) is 10.4. The molecule has 0 aliphatic heterocycles. The highest BCUT2D eigenvalue weighted by atomic mass is 32.2. The minimum atomic E-state index is -0.169. The third kappa shape index (κ3) is 6.98. The van der Waals surface area contributed by atoms with Crippen molar-refractivity contribution in [1.82, 2.24) is 15.4 Å². The molecular weight excluding hydrogens is 300 g/mol. The first-order valence-corrected chi connectivity index (χ1v) is 8.23. The summed E-state index contributed by atoms with van der Waals surface area (Å²) >= 11 is 1.53. The van der Waals surface area contributed by atoms with Crippen molar-refractivity contribution in [3.8, 4) is 11.8 Å². The number of aromatic nitrogens is 2. The summed E-state index contributed by atoms with van der Waals surface area (Å²) in [6.45, 7) is 8.51. The Kier molecular flexibility index (Phi) is 7.44. The normalized spacial score (nSPS) is 12.0. The molecule has 0 bridgehead atoms. The fraction of sp³-hybridized carbons (Fsp3) is 0.667. The molecule has 1 heterocycles. The molecule has 0 saturated carbocycles. The second-order valence-electron chi connectivity index (χ2n) is 5.96. The van der Waals surface area contributed by atoms with Crippen LogP contribution in [0.4, 0.5) is 0 Å². The molecule has 0 radical (unpaired) electrons. The summed E-state index contributed by atoms with van der Waals surface area (Å²) in [5.41, 5.74) is 3.00. The monoisotopic (exact) mass is 326 g/mol. The van der Waals surface area contributed by atoms with Crippen LogP contribution in [0, 0.1) is 5.92 Å². The van der Waals surface area contributed by atoms with Crippen molar-refractivity contribution in [3.63, 3.8) is 0 Å². The molecule has 0 unspecified atom stereocenters. The smallest absolute Gasteiger partial charge is 0.220 e. The summed E-state index contributed by atoms with van der Waals surface area (Å²) in [5.74, 6) is 2.37. The lowest BCUT2D eigenvalue weighted by atomic mass is 10.1. The maximum Gasteiger partial charge on any atom is 0.220 e. The first kappa shape index (κ1) is 18.5. The molecule has 1 aromatic heterocycles. The van der Waals surface area contributed by atoms with Crippen LogP contribution in [-0.4, -0.2) is 41.7 Å². The predicted octanol–water partition coefficient (Wildman–Crippen LogP) is 2.99. The maximum atomic E-state index is 5.15. The van der Waals surface area contributed by atoms with Crippen LogP contribution >= 0.6 is 11.8 Å². The van der Waals surface area contributed by atoms with E-state index in [4.69, 9.17) is 9.47 Å². The molecule has 0 spiro atoms. The van der Waals surface area contributed by atoms with E-state index in [2.05, 4.69) is 48.2 Å². The van der Waals surface area contributed by atoms with Crippen molar-refractivity contribution in [2.45, 2.75) is 44.8 Å². The molecule has 1 N–H and O–H groups in total. The summed E-state index contributed by atoms with van der Waals surface area (Å²) in [5, 5.41) is 4.91. The molecule has 6 nitrogen and oxygen atoms in total. The molecule has 0 saturated heterocycles. The van der Waals surface area contributed by atoms with Gasteiger partial charge in [-0.1, -0.05) is 25.6 Å². The molecule has 1 aromatic rings. The van der Waals surface area contributed by atoms with Crippen LogP contribution in [0.15, 0.2) is 16.3 Å². The van der Waals surface area contributed by atoms with Gasteiger partial charge in [0.25, 0.3) is 0 Å². The molecule has 0 atom stereocenters. The lowest BCUT2D eigenvalue weighted by Crippen LogP contribution is -2.38. The Hall–Kier alpha value is -1.50. The third-order valence-corrected chi connectivity index (χ3v) is 3.98. The van der Waals surface area contributed by atoms with Gasteiger partial charge in [-0.25, -0.2) is 0 Å². The van der Waals surface area contributed by atoms with Crippen LogP contribution < -0.4 is 14.9 Å². The number of ether oxygens (including phenoxy) is 2. The lowest BCUT2D eigenvalue weighted by Gasteiger charge is -2.23. The molecule has 0 aliphatic carbocycles. The van der Waals surface area contributed by atoms with Gasteiger partial charge in [-0.05, 0) is 26.2 Å². The number of rotatable bonds is 9. The van der Waals surface area contributed by atoms with Crippen LogP contribution in [-0.2, 0) is 0 Å². The van der Waals surface area contributed by atoms with E-state index in [1.165, 1.54) is 11.8 Å². The number of nitrogens with zero attached hydrogens (tertiary/aromatic N) is 3. The quantitative estimate of drug-likeness (QED) is 0.326. The number of hydrogen-bond donors (Lipinski definition) is 1. The first-order valence-electron chi connectivity index (χ1n) is 7.25. The van der Waals surface area contributed by atoms with Crippen LogP contribution in [0.1, 0.15) is 34.1 Å². The molecule has 124 valence electrons. The molecular formula is C15H26N4O2S. The van der Waals surface area contributed by atoms with Gasteiger partial charge in [0.2, 0.25) is 11.8 Å². The largest absolute Gasteiger partial charge is 0.481 e. The van der Waals surface area contributed by atoms with Crippen LogP contribution in [0.25, 0.3) is 0 Å². The Balaban J connectivity index is 2.58. The molecule has 0 aliphatic rings. The lowest BCUT2D eigenvalue weighted by molar-refractivity contribution is 0.364. The summed E-state index contributed by atoms with van der Waals surface area (Å²) in [6.07, 6.45) is 2.88. The van der Waals surface area contributed by atoms with Gasteiger partial charge in [0.1, 0.15) is 0 Å². The number of hydrogen-bond acceptors (Lipinski definition) is 7. The molecule has 22 heavy (non-hydrogen) atoms. The average molecular weight is 326 g/mol. The van der Waals surface area contributed by atoms with E-state index in [-0.39, 0.29) is 5.54 Å². The molecule has 1 rings (SSSR count). The molecule has 0 amide bonds. The highest BCUT2D eigenvalue weighted by Crippen LogP contribution is 2.24. The van der Waals surface area contributed by atoms with E-state index < -0.39 is 0 Å². The fourth-order valence-corrected chi connectivity index (χ4v) is 2.28. The van der Waals surface area contributed by atoms with Crippen molar-refractivity contribution in [3.05, 3.63) is 6.07 Å². The Morgan fingerprint density at radius 3 is 2.36 bits per heavy atom.